The molecule has 0 spiro atoms. The predicted octanol–water partition coefficient (Wildman–Crippen LogP) is 6.07. The summed E-state index contributed by atoms with van der Waals surface area (Å²) in [5, 5.41) is 0.589. The van der Waals surface area contributed by atoms with Gasteiger partial charge in [-0.3, -0.25) is 4.79 Å². The second-order valence-corrected chi connectivity index (χ2v) is 6.44. The van der Waals surface area contributed by atoms with Crippen molar-refractivity contribution >= 4 is 17.9 Å². The maximum Gasteiger partial charge on any atom is 0.150 e. The van der Waals surface area contributed by atoms with Gasteiger partial charge < -0.3 is 0 Å². The summed E-state index contributed by atoms with van der Waals surface area (Å²) in [6.07, 6.45) is 0.877. The molecule has 0 aliphatic carbocycles. The maximum atomic E-state index is 11.4. The number of hydrogen-bond acceptors (Lipinski definition) is 1. The third-order valence-corrected chi connectivity index (χ3v) is 4.03. The van der Waals surface area contributed by atoms with Crippen LogP contribution < -0.4 is 0 Å². The Morgan fingerprint density at radius 1 is 0.905 bits per heavy atom. The largest absolute Gasteiger partial charge is 0.298 e. The molecule has 0 saturated heterocycles. The lowest BCUT2D eigenvalue weighted by molar-refractivity contribution is 0.112. The predicted molar refractivity (Wildman–Crippen MR) is 90.5 cm³/mol. The van der Waals surface area contributed by atoms with E-state index in [4.69, 9.17) is 11.6 Å². The number of benzene rings is 2. The van der Waals surface area contributed by atoms with Crippen LogP contribution in [0, 0.1) is 0 Å². The Bertz CT molecular complexity index is 657. The van der Waals surface area contributed by atoms with Crippen molar-refractivity contribution in [1.82, 2.24) is 0 Å². The van der Waals surface area contributed by atoms with E-state index in [0.717, 1.165) is 17.4 Å². The highest BCUT2D eigenvalue weighted by atomic mass is 35.5. The van der Waals surface area contributed by atoms with Crippen molar-refractivity contribution in [2.45, 2.75) is 39.5 Å². The molecular formula is C19H21ClO. The highest BCUT2D eigenvalue weighted by Crippen LogP contribution is 2.34. The van der Waals surface area contributed by atoms with Gasteiger partial charge in [-0.15, -0.1) is 0 Å². The smallest absolute Gasteiger partial charge is 0.150 e. The van der Waals surface area contributed by atoms with Gasteiger partial charge in [-0.1, -0.05) is 63.6 Å². The molecule has 0 aromatic heterocycles. The van der Waals surface area contributed by atoms with Crippen LogP contribution in [0.5, 0.6) is 0 Å². The van der Waals surface area contributed by atoms with Crippen LogP contribution in [0.1, 0.15) is 61.0 Å². The lowest BCUT2D eigenvalue weighted by atomic mass is 9.87. The molecule has 0 saturated carbocycles. The zero-order valence-electron chi connectivity index (χ0n) is 13.0. The molecule has 0 atom stereocenters. The van der Waals surface area contributed by atoms with Gasteiger partial charge in [0.05, 0.1) is 0 Å². The molecule has 0 unspecified atom stereocenters. The first-order valence-corrected chi connectivity index (χ1v) is 7.70. The molecule has 110 valence electrons. The molecule has 1 nitrogen and oxygen atoms in total. The van der Waals surface area contributed by atoms with Crippen molar-refractivity contribution in [3.05, 3.63) is 58.1 Å². The van der Waals surface area contributed by atoms with E-state index < -0.39 is 0 Å². The van der Waals surface area contributed by atoms with Crippen molar-refractivity contribution in [2.24, 2.45) is 0 Å². The zero-order valence-corrected chi connectivity index (χ0v) is 13.7. The first-order chi connectivity index (χ1) is 9.93. The van der Waals surface area contributed by atoms with Gasteiger partial charge in [0.1, 0.15) is 0 Å². The topological polar surface area (TPSA) is 17.1 Å². The van der Waals surface area contributed by atoms with Crippen LogP contribution in [0.4, 0.5) is 0 Å². The third-order valence-electron chi connectivity index (χ3n) is 3.80. The van der Waals surface area contributed by atoms with Crippen LogP contribution in [0.2, 0.25) is 5.02 Å². The normalized spacial score (nSPS) is 11.2. The lowest BCUT2D eigenvalue weighted by Crippen LogP contribution is -1.98. The van der Waals surface area contributed by atoms with E-state index in [1.165, 1.54) is 11.1 Å². The summed E-state index contributed by atoms with van der Waals surface area (Å²) < 4.78 is 0. The molecule has 0 radical (unpaired) electrons. The van der Waals surface area contributed by atoms with Crippen LogP contribution in [0.25, 0.3) is 11.1 Å². The Morgan fingerprint density at radius 2 is 1.57 bits per heavy atom. The first kappa shape index (κ1) is 15.8. The molecule has 0 N–H and O–H groups in total. The van der Waals surface area contributed by atoms with Gasteiger partial charge in [0.2, 0.25) is 0 Å². The van der Waals surface area contributed by atoms with Crippen molar-refractivity contribution in [3.63, 3.8) is 0 Å². The van der Waals surface area contributed by atoms with Crippen LogP contribution in [-0.4, -0.2) is 6.29 Å². The Balaban J connectivity index is 2.66. The van der Waals surface area contributed by atoms with Crippen LogP contribution in [0.3, 0.4) is 0 Å². The zero-order chi connectivity index (χ0) is 15.6. The monoisotopic (exact) mass is 300 g/mol. The van der Waals surface area contributed by atoms with Crippen LogP contribution in [0.15, 0.2) is 36.4 Å². The van der Waals surface area contributed by atoms with E-state index >= 15 is 0 Å². The Kier molecular flexibility index (Phi) is 4.84. The van der Waals surface area contributed by atoms with Gasteiger partial charge in [0, 0.05) is 10.6 Å². The standard InChI is InChI=1S/C19H21ClO/c1-12(2)14-5-7-18(19(10-14)13(3)4)17-8-6-16(20)9-15(17)11-21/h5-13H,1-4H3. The molecule has 0 heterocycles. The Hall–Kier alpha value is -1.60. The van der Waals surface area contributed by atoms with Crippen LogP contribution in [-0.2, 0) is 0 Å². The van der Waals surface area contributed by atoms with Gasteiger partial charge in [-0.25, -0.2) is 0 Å². The molecule has 2 rings (SSSR count). The van der Waals surface area contributed by atoms with E-state index in [-0.39, 0.29) is 0 Å². The SMILES string of the molecule is CC(C)c1ccc(-c2ccc(Cl)cc2C=O)c(C(C)C)c1. The minimum Gasteiger partial charge on any atom is -0.298 e. The maximum absolute atomic E-state index is 11.4. The molecule has 0 amide bonds. The van der Waals surface area contributed by atoms with E-state index in [1.807, 2.05) is 12.1 Å². The number of hydrogen-bond donors (Lipinski definition) is 0. The third kappa shape index (κ3) is 3.36. The minimum atomic E-state index is 0.397. The van der Waals surface area contributed by atoms with Gasteiger partial charge in [0.15, 0.2) is 6.29 Å². The molecule has 21 heavy (non-hydrogen) atoms. The Labute approximate surface area is 132 Å². The van der Waals surface area contributed by atoms with E-state index in [9.17, 15) is 4.79 Å². The summed E-state index contributed by atoms with van der Waals surface area (Å²) in [5.74, 6) is 0.890. The summed E-state index contributed by atoms with van der Waals surface area (Å²) in [6, 6.07) is 12.0. The second kappa shape index (κ2) is 6.44. The fraction of sp³-hybridized carbons (Fsp3) is 0.316. The Morgan fingerprint density at radius 3 is 2.14 bits per heavy atom. The van der Waals surface area contributed by atoms with Gasteiger partial charge >= 0.3 is 0 Å². The highest BCUT2D eigenvalue weighted by Gasteiger charge is 2.14. The van der Waals surface area contributed by atoms with Crippen molar-refractivity contribution in [3.8, 4) is 11.1 Å². The number of rotatable bonds is 4. The fourth-order valence-electron chi connectivity index (χ4n) is 2.54. The summed E-state index contributed by atoms with van der Waals surface area (Å²) in [6.45, 7) is 8.75. The summed E-state index contributed by atoms with van der Waals surface area (Å²) in [5.41, 5.74) is 5.30. The van der Waals surface area contributed by atoms with Crippen molar-refractivity contribution in [2.75, 3.05) is 0 Å². The number of aldehydes is 1. The van der Waals surface area contributed by atoms with E-state index in [0.29, 0.717) is 22.4 Å². The quantitative estimate of drug-likeness (QED) is 0.627. The lowest BCUT2D eigenvalue weighted by Gasteiger charge is -2.17. The molecule has 0 aliphatic heterocycles. The van der Waals surface area contributed by atoms with Crippen LogP contribution >= 0.6 is 11.6 Å². The summed E-state index contributed by atoms with van der Waals surface area (Å²) >= 11 is 5.99. The number of halogens is 1. The molecule has 0 aliphatic rings. The number of carbonyl (C=O) groups excluding carboxylic acids is 1. The minimum absolute atomic E-state index is 0.397. The molecular weight excluding hydrogens is 280 g/mol. The first-order valence-electron chi connectivity index (χ1n) is 7.33. The average Bonchev–Trinajstić information content (AvgIpc) is 2.46. The molecule has 2 aromatic carbocycles. The van der Waals surface area contributed by atoms with Gasteiger partial charge in [-0.2, -0.15) is 0 Å². The fourth-order valence-corrected chi connectivity index (χ4v) is 2.72. The molecule has 0 fully saturated rings. The summed E-state index contributed by atoms with van der Waals surface area (Å²) in [7, 11) is 0. The highest BCUT2D eigenvalue weighted by molar-refractivity contribution is 6.31. The van der Waals surface area contributed by atoms with Gasteiger partial charge in [-0.05, 0) is 46.2 Å². The van der Waals surface area contributed by atoms with E-state index in [1.54, 1.807) is 6.07 Å². The van der Waals surface area contributed by atoms with E-state index in [2.05, 4.69) is 45.9 Å². The second-order valence-electron chi connectivity index (χ2n) is 6.01. The molecule has 2 heteroatoms. The van der Waals surface area contributed by atoms with Crippen molar-refractivity contribution in [1.29, 1.82) is 0 Å². The molecule has 2 aromatic rings. The average molecular weight is 301 g/mol. The number of carbonyl (C=O) groups is 1. The molecule has 0 bridgehead atoms. The van der Waals surface area contributed by atoms with Gasteiger partial charge in [0.25, 0.3) is 0 Å². The van der Waals surface area contributed by atoms with Crippen molar-refractivity contribution < 1.29 is 4.79 Å². The summed E-state index contributed by atoms with van der Waals surface area (Å²) in [4.78, 5) is 11.4.